The van der Waals surface area contributed by atoms with Gasteiger partial charge in [-0.05, 0) is 67.6 Å². The predicted molar refractivity (Wildman–Crippen MR) is 97.5 cm³/mol. The zero-order valence-electron chi connectivity index (χ0n) is 14.5. The third-order valence-corrected chi connectivity index (χ3v) is 6.92. The molecule has 0 aliphatic carbocycles. The fourth-order valence-electron chi connectivity index (χ4n) is 3.68. The number of thiophene rings is 2. The van der Waals surface area contributed by atoms with E-state index >= 15 is 0 Å². The second-order valence-electron chi connectivity index (χ2n) is 6.71. The number of benzene rings is 1. The number of fused-ring (bicyclic) bond motifs is 2. The van der Waals surface area contributed by atoms with Crippen LogP contribution in [0, 0.1) is 0 Å². The molecule has 0 atom stereocenters. The Morgan fingerprint density at radius 1 is 0.667 bits per heavy atom. The van der Waals surface area contributed by atoms with E-state index in [1.807, 2.05) is 0 Å². The molecule has 0 N–H and O–H groups in total. The summed E-state index contributed by atoms with van der Waals surface area (Å²) in [5, 5.41) is 3.11. The van der Waals surface area contributed by atoms with Crippen molar-refractivity contribution in [1.82, 2.24) is 0 Å². The van der Waals surface area contributed by atoms with Gasteiger partial charge >= 0.3 is 18.5 Å². The number of hydrogen-bond acceptors (Lipinski definition) is 2. The first-order valence-corrected chi connectivity index (χ1v) is 10.1. The molecule has 30 heavy (non-hydrogen) atoms. The third-order valence-electron chi connectivity index (χ3n) is 4.87. The zero-order valence-corrected chi connectivity index (χ0v) is 16.1. The molecule has 3 aromatic rings. The minimum absolute atomic E-state index is 0.222. The van der Waals surface area contributed by atoms with E-state index in [4.69, 9.17) is 0 Å². The standard InChI is InChI=1S/C18H8BF9S2/c20-16(21,22)10-6-11(17(23,24)25)13(12(7-10)18(26,27)28)19-14-8(1-3-29-14)5-9-2-4-30-15(9)19/h1-4,6-7H,5H2. The van der Waals surface area contributed by atoms with Crippen LogP contribution < -0.4 is 15.0 Å². The van der Waals surface area contributed by atoms with E-state index in [0.717, 1.165) is 22.7 Å². The van der Waals surface area contributed by atoms with Crippen LogP contribution in [-0.2, 0) is 24.9 Å². The summed E-state index contributed by atoms with van der Waals surface area (Å²) >= 11 is 1.99. The summed E-state index contributed by atoms with van der Waals surface area (Å²) in [4.78, 5) is 0. The van der Waals surface area contributed by atoms with E-state index in [2.05, 4.69) is 0 Å². The van der Waals surface area contributed by atoms with Crippen molar-refractivity contribution in [3.8, 4) is 0 Å². The Labute approximate surface area is 172 Å². The van der Waals surface area contributed by atoms with Crippen molar-refractivity contribution < 1.29 is 39.5 Å². The molecular weight excluding hydrogens is 462 g/mol. The first-order valence-electron chi connectivity index (χ1n) is 8.30. The highest BCUT2D eigenvalue weighted by molar-refractivity contribution is 7.34. The fraction of sp³-hybridized carbons (Fsp3) is 0.222. The molecule has 0 nitrogen and oxygen atoms in total. The summed E-state index contributed by atoms with van der Waals surface area (Å²) in [6.45, 7) is -1.45. The van der Waals surface area contributed by atoms with Crippen LogP contribution in [0.15, 0.2) is 35.0 Å². The molecule has 1 aliphatic heterocycles. The van der Waals surface area contributed by atoms with Crippen molar-refractivity contribution in [3.63, 3.8) is 0 Å². The summed E-state index contributed by atoms with van der Waals surface area (Å²) in [7, 11) is 0. The van der Waals surface area contributed by atoms with Gasteiger partial charge in [-0.3, -0.25) is 0 Å². The summed E-state index contributed by atoms with van der Waals surface area (Å²) in [5.74, 6) is 0. The van der Waals surface area contributed by atoms with Crippen molar-refractivity contribution in [2.75, 3.05) is 0 Å². The van der Waals surface area contributed by atoms with Crippen LogP contribution in [0.25, 0.3) is 0 Å². The van der Waals surface area contributed by atoms with E-state index in [0.29, 0.717) is 17.5 Å². The molecule has 0 unspecified atom stereocenters. The normalized spacial score (nSPS) is 14.6. The predicted octanol–water partition coefficient (Wildman–Crippen LogP) is 5.29. The van der Waals surface area contributed by atoms with E-state index < -0.39 is 47.4 Å². The van der Waals surface area contributed by atoms with Gasteiger partial charge in [0.05, 0.1) is 16.7 Å². The lowest BCUT2D eigenvalue weighted by Gasteiger charge is -2.28. The average molecular weight is 470 g/mol. The van der Waals surface area contributed by atoms with Crippen molar-refractivity contribution in [1.29, 1.82) is 0 Å². The van der Waals surface area contributed by atoms with Gasteiger partial charge in [0.15, 0.2) is 0 Å². The van der Waals surface area contributed by atoms with Crippen LogP contribution in [0.4, 0.5) is 39.5 Å². The molecular formula is C18H8BF9S2. The number of halogens is 9. The molecule has 158 valence electrons. The first kappa shape index (κ1) is 21.3. The van der Waals surface area contributed by atoms with Gasteiger partial charge in [0.2, 0.25) is 0 Å². The van der Waals surface area contributed by atoms with Crippen molar-refractivity contribution in [2.45, 2.75) is 24.9 Å². The van der Waals surface area contributed by atoms with Gasteiger partial charge in [-0.1, -0.05) is 0 Å². The maximum absolute atomic E-state index is 13.8. The molecule has 12 heteroatoms. The Bertz CT molecular complexity index is 1030. The maximum atomic E-state index is 13.8. The highest BCUT2D eigenvalue weighted by Gasteiger charge is 2.49. The van der Waals surface area contributed by atoms with Gasteiger partial charge in [0.25, 0.3) is 6.71 Å². The molecule has 0 amide bonds. The Hall–Kier alpha value is -1.95. The van der Waals surface area contributed by atoms with E-state index in [9.17, 15) is 39.5 Å². The third kappa shape index (κ3) is 3.53. The summed E-state index contributed by atoms with van der Waals surface area (Å²) < 4.78 is 123. The lowest BCUT2D eigenvalue weighted by atomic mass is 9.38. The molecule has 0 saturated carbocycles. The van der Waals surface area contributed by atoms with Crippen LogP contribution >= 0.6 is 22.7 Å². The minimum Gasteiger partial charge on any atom is -0.166 e. The molecule has 0 radical (unpaired) electrons. The Kier molecular flexibility index (Phi) is 4.81. The number of alkyl halides is 9. The summed E-state index contributed by atoms with van der Waals surface area (Å²) in [5.41, 5.74) is -5.88. The second kappa shape index (κ2) is 6.78. The summed E-state index contributed by atoms with van der Waals surface area (Å²) in [6, 6.07) is 2.77. The first-order chi connectivity index (χ1) is 13.8. The molecule has 0 saturated heterocycles. The van der Waals surface area contributed by atoms with Crippen LogP contribution in [0.5, 0.6) is 0 Å². The maximum Gasteiger partial charge on any atom is 0.416 e. The van der Waals surface area contributed by atoms with E-state index in [1.165, 1.54) is 0 Å². The van der Waals surface area contributed by atoms with Gasteiger partial charge in [-0.15, -0.1) is 0 Å². The van der Waals surface area contributed by atoms with Crippen LogP contribution in [-0.4, -0.2) is 6.71 Å². The van der Waals surface area contributed by atoms with Crippen LogP contribution in [0.3, 0.4) is 0 Å². The van der Waals surface area contributed by atoms with E-state index in [1.54, 1.807) is 22.9 Å². The molecule has 1 aliphatic rings. The van der Waals surface area contributed by atoms with Crippen molar-refractivity contribution in [2.24, 2.45) is 0 Å². The zero-order chi connectivity index (χ0) is 22.1. The average Bonchev–Trinajstić information content (AvgIpc) is 3.24. The quantitative estimate of drug-likeness (QED) is 0.262. The summed E-state index contributed by atoms with van der Waals surface area (Å²) in [6.07, 6.45) is -15.9. The number of rotatable bonds is 1. The van der Waals surface area contributed by atoms with Crippen LogP contribution in [0.1, 0.15) is 27.8 Å². The molecule has 4 rings (SSSR count). The molecule has 0 bridgehead atoms. The fourth-order valence-corrected chi connectivity index (χ4v) is 5.84. The Balaban J connectivity index is 2.12. The minimum atomic E-state index is -5.41. The largest absolute Gasteiger partial charge is 0.416 e. The monoisotopic (exact) mass is 470 g/mol. The molecule has 1 aromatic carbocycles. The van der Waals surface area contributed by atoms with Gasteiger partial charge in [0, 0.05) is 0 Å². The topological polar surface area (TPSA) is 0 Å². The number of hydrogen-bond donors (Lipinski definition) is 0. The van der Waals surface area contributed by atoms with Crippen molar-refractivity contribution >= 4 is 44.4 Å². The molecule has 3 heterocycles. The highest BCUT2D eigenvalue weighted by Crippen LogP contribution is 2.40. The molecule has 0 fully saturated rings. The van der Waals surface area contributed by atoms with Crippen LogP contribution in [0.2, 0.25) is 0 Å². The van der Waals surface area contributed by atoms with Crippen molar-refractivity contribution in [3.05, 3.63) is 62.8 Å². The Morgan fingerprint density at radius 3 is 1.47 bits per heavy atom. The van der Waals surface area contributed by atoms with Gasteiger partial charge < -0.3 is 0 Å². The van der Waals surface area contributed by atoms with Gasteiger partial charge in [0.1, 0.15) is 0 Å². The van der Waals surface area contributed by atoms with E-state index in [-0.39, 0.29) is 21.7 Å². The lowest BCUT2D eigenvalue weighted by molar-refractivity contribution is -0.147. The molecule has 2 aromatic heterocycles. The smallest absolute Gasteiger partial charge is 0.166 e. The van der Waals surface area contributed by atoms with Gasteiger partial charge in [-0.2, -0.15) is 62.2 Å². The second-order valence-corrected chi connectivity index (χ2v) is 8.60. The molecule has 0 spiro atoms. The highest BCUT2D eigenvalue weighted by atomic mass is 32.1. The Morgan fingerprint density at radius 2 is 1.10 bits per heavy atom. The SMILES string of the molecule is FC(F)(F)c1cc(C(F)(F)F)c(B2c3sccc3Cc3ccsc32)c(C(F)(F)F)c1. The van der Waals surface area contributed by atoms with Gasteiger partial charge in [-0.25, -0.2) is 0 Å². The lowest BCUT2D eigenvalue weighted by Crippen LogP contribution is -2.58.